The normalized spacial score (nSPS) is 10.9. The van der Waals surface area contributed by atoms with Gasteiger partial charge in [0.05, 0.1) is 11.4 Å². The Bertz CT molecular complexity index is 1340. The molecular weight excluding hydrogens is 450 g/mol. The summed E-state index contributed by atoms with van der Waals surface area (Å²) in [5.74, 6) is -3.12. The molecule has 4 aromatic rings. The maximum Gasteiger partial charge on any atom is 0.226 e. The summed E-state index contributed by atoms with van der Waals surface area (Å²) >= 11 is 0. The van der Waals surface area contributed by atoms with Gasteiger partial charge in [-0.2, -0.15) is 5.10 Å². The third kappa shape index (κ3) is 5.25. The number of amides is 1. The van der Waals surface area contributed by atoms with Gasteiger partial charge in [-0.3, -0.25) is 4.79 Å². The largest absolute Gasteiger partial charge is 0.436 e. The molecule has 1 amide bonds. The lowest BCUT2D eigenvalue weighted by Gasteiger charge is -2.12. The van der Waals surface area contributed by atoms with Crippen molar-refractivity contribution in [2.24, 2.45) is 0 Å². The predicted molar refractivity (Wildman–Crippen MR) is 118 cm³/mol. The smallest absolute Gasteiger partial charge is 0.226 e. The Kier molecular flexibility index (Phi) is 6.62. The van der Waals surface area contributed by atoms with Crippen molar-refractivity contribution in [2.45, 2.75) is 19.8 Å². The minimum absolute atomic E-state index is 0.00523. The number of aryl methyl sites for hydroxylation is 1. The summed E-state index contributed by atoms with van der Waals surface area (Å²) in [7, 11) is 0. The second kappa shape index (κ2) is 9.78. The first-order chi connectivity index (χ1) is 16.3. The Morgan fingerprint density at radius 1 is 0.941 bits per heavy atom. The summed E-state index contributed by atoms with van der Waals surface area (Å²) in [6.45, 7) is 1.69. The molecule has 4 rings (SSSR count). The number of aromatic nitrogens is 2. The van der Waals surface area contributed by atoms with E-state index < -0.39 is 23.3 Å². The topological polar surface area (TPSA) is 56.2 Å². The number of nitrogens with one attached hydrogen (secondary N) is 1. The molecule has 0 aliphatic rings. The van der Waals surface area contributed by atoms with Gasteiger partial charge in [-0.25, -0.2) is 22.2 Å². The standard InChI is InChI=1S/C25H19F4N3O2/c1-15-21(10-12-24(33)30-19-4-2-3-17(27)13-19)25(34-23-11-7-18(28)14-22(23)29)32(31-15)20-8-5-16(26)6-9-20/h2-9,11,13-14H,10,12H2,1H3,(H,30,33). The van der Waals surface area contributed by atoms with Crippen LogP contribution in [0.1, 0.15) is 17.7 Å². The molecule has 1 heterocycles. The highest BCUT2D eigenvalue weighted by atomic mass is 19.1. The first-order valence-electron chi connectivity index (χ1n) is 10.3. The zero-order valence-corrected chi connectivity index (χ0v) is 18.0. The molecule has 0 spiro atoms. The molecule has 0 aliphatic heterocycles. The van der Waals surface area contributed by atoms with Crippen molar-refractivity contribution < 1.29 is 27.1 Å². The van der Waals surface area contributed by atoms with E-state index >= 15 is 0 Å². The molecule has 5 nitrogen and oxygen atoms in total. The van der Waals surface area contributed by atoms with E-state index in [1.165, 1.54) is 47.1 Å². The van der Waals surface area contributed by atoms with Gasteiger partial charge in [-0.1, -0.05) is 6.07 Å². The van der Waals surface area contributed by atoms with Crippen LogP contribution in [-0.4, -0.2) is 15.7 Å². The molecule has 1 N–H and O–H groups in total. The van der Waals surface area contributed by atoms with Gasteiger partial charge in [0.1, 0.15) is 17.5 Å². The number of ether oxygens (including phenoxy) is 1. The Hall–Kier alpha value is -4.14. The average Bonchev–Trinajstić information content (AvgIpc) is 3.09. The summed E-state index contributed by atoms with van der Waals surface area (Å²) in [5, 5.41) is 7.03. The van der Waals surface area contributed by atoms with Gasteiger partial charge in [-0.15, -0.1) is 0 Å². The average molecular weight is 469 g/mol. The number of rotatable bonds is 7. The fraction of sp³-hybridized carbons (Fsp3) is 0.120. The Labute approximate surface area is 192 Å². The molecule has 0 fully saturated rings. The van der Waals surface area contributed by atoms with E-state index in [9.17, 15) is 22.4 Å². The maximum absolute atomic E-state index is 14.3. The third-order valence-corrected chi connectivity index (χ3v) is 5.02. The molecule has 174 valence electrons. The van der Waals surface area contributed by atoms with Gasteiger partial charge in [0.25, 0.3) is 0 Å². The van der Waals surface area contributed by atoms with Crippen molar-refractivity contribution in [3.63, 3.8) is 0 Å². The van der Waals surface area contributed by atoms with Crippen LogP contribution < -0.4 is 10.1 Å². The summed E-state index contributed by atoms with van der Waals surface area (Å²) in [6.07, 6.45) is 0.154. The molecule has 0 saturated heterocycles. The lowest BCUT2D eigenvalue weighted by atomic mass is 10.1. The molecule has 0 unspecified atom stereocenters. The number of nitrogens with zero attached hydrogens (tertiary/aromatic N) is 2. The van der Waals surface area contributed by atoms with E-state index in [-0.39, 0.29) is 30.4 Å². The van der Waals surface area contributed by atoms with Crippen LogP contribution in [0.3, 0.4) is 0 Å². The van der Waals surface area contributed by atoms with Crippen LogP contribution in [-0.2, 0) is 11.2 Å². The van der Waals surface area contributed by atoms with Gasteiger partial charge in [0.15, 0.2) is 11.6 Å². The quantitative estimate of drug-likeness (QED) is 0.333. The van der Waals surface area contributed by atoms with Crippen LogP contribution in [0.4, 0.5) is 23.2 Å². The molecule has 1 aromatic heterocycles. The summed E-state index contributed by atoms with van der Waals surface area (Å²) in [6, 6.07) is 13.8. The van der Waals surface area contributed by atoms with E-state index in [4.69, 9.17) is 4.74 Å². The highest BCUT2D eigenvalue weighted by Crippen LogP contribution is 2.33. The number of benzene rings is 3. The highest BCUT2D eigenvalue weighted by Gasteiger charge is 2.21. The van der Waals surface area contributed by atoms with Crippen molar-refractivity contribution >= 4 is 11.6 Å². The van der Waals surface area contributed by atoms with Crippen LogP contribution in [0.2, 0.25) is 0 Å². The van der Waals surface area contributed by atoms with Crippen molar-refractivity contribution in [1.29, 1.82) is 0 Å². The van der Waals surface area contributed by atoms with Gasteiger partial charge < -0.3 is 10.1 Å². The highest BCUT2D eigenvalue weighted by molar-refractivity contribution is 5.90. The van der Waals surface area contributed by atoms with Crippen molar-refractivity contribution in [3.05, 3.63) is 101 Å². The zero-order valence-electron chi connectivity index (χ0n) is 18.0. The Balaban J connectivity index is 1.64. The first-order valence-corrected chi connectivity index (χ1v) is 10.3. The Morgan fingerprint density at radius 3 is 2.35 bits per heavy atom. The van der Waals surface area contributed by atoms with Gasteiger partial charge in [-0.05, 0) is 67.9 Å². The number of carbonyl (C=O) groups excluding carboxylic acids is 1. The summed E-state index contributed by atoms with van der Waals surface area (Å²) < 4.78 is 61.6. The van der Waals surface area contributed by atoms with E-state index in [1.54, 1.807) is 13.0 Å². The lowest BCUT2D eigenvalue weighted by Crippen LogP contribution is -2.12. The summed E-state index contributed by atoms with van der Waals surface area (Å²) in [5.41, 5.74) is 1.76. The predicted octanol–water partition coefficient (Wildman–Crippen LogP) is 6.10. The van der Waals surface area contributed by atoms with E-state index in [1.807, 2.05) is 0 Å². The van der Waals surface area contributed by atoms with Crippen LogP contribution in [0, 0.1) is 30.2 Å². The second-order valence-electron chi connectivity index (χ2n) is 7.49. The fourth-order valence-electron chi connectivity index (χ4n) is 3.38. The van der Waals surface area contributed by atoms with Crippen LogP contribution in [0.15, 0.2) is 66.7 Å². The number of carbonyl (C=O) groups is 1. The minimum Gasteiger partial charge on any atom is -0.436 e. The Morgan fingerprint density at radius 2 is 1.65 bits per heavy atom. The number of halogens is 4. The molecule has 0 radical (unpaired) electrons. The molecule has 0 atom stereocenters. The number of hydrogen-bond donors (Lipinski definition) is 1. The molecule has 0 saturated carbocycles. The van der Waals surface area contributed by atoms with Crippen molar-refractivity contribution in [3.8, 4) is 17.3 Å². The van der Waals surface area contributed by atoms with E-state index in [2.05, 4.69) is 10.4 Å². The fourth-order valence-corrected chi connectivity index (χ4v) is 3.38. The first kappa shape index (κ1) is 23.0. The maximum atomic E-state index is 14.3. The molecule has 3 aromatic carbocycles. The second-order valence-corrected chi connectivity index (χ2v) is 7.49. The minimum atomic E-state index is -0.917. The number of anilines is 1. The van der Waals surface area contributed by atoms with Crippen LogP contribution in [0.5, 0.6) is 11.6 Å². The lowest BCUT2D eigenvalue weighted by molar-refractivity contribution is -0.116. The van der Waals surface area contributed by atoms with E-state index in [0.717, 1.165) is 12.1 Å². The molecular formula is C25H19F4N3O2. The van der Waals surface area contributed by atoms with Gasteiger partial charge >= 0.3 is 0 Å². The van der Waals surface area contributed by atoms with Crippen LogP contribution in [0.25, 0.3) is 5.69 Å². The van der Waals surface area contributed by atoms with Crippen molar-refractivity contribution in [2.75, 3.05) is 5.32 Å². The van der Waals surface area contributed by atoms with Crippen LogP contribution >= 0.6 is 0 Å². The molecule has 9 heteroatoms. The third-order valence-electron chi connectivity index (χ3n) is 5.02. The van der Waals surface area contributed by atoms with Gasteiger partial charge in [0.2, 0.25) is 11.8 Å². The van der Waals surface area contributed by atoms with Crippen molar-refractivity contribution in [1.82, 2.24) is 9.78 Å². The van der Waals surface area contributed by atoms with Gasteiger partial charge in [0, 0.05) is 23.7 Å². The molecule has 34 heavy (non-hydrogen) atoms. The number of hydrogen-bond acceptors (Lipinski definition) is 3. The molecule has 0 aliphatic carbocycles. The monoisotopic (exact) mass is 469 g/mol. The summed E-state index contributed by atoms with van der Waals surface area (Å²) in [4.78, 5) is 12.4. The molecule has 0 bridgehead atoms. The van der Waals surface area contributed by atoms with E-state index in [0.29, 0.717) is 28.7 Å². The SMILES string of the molecule is Cc1nn(-c2ccc(F)cc2)c(Oc2ccc(F)cc2F)c1CCC(=O)Nc1cccc(F)c1. The zero-order chi connectivity index (χ0) is 24.2.